The molecular formula is C69H130O17P2. The third kappa shape index (κ3) is 61.1. The van der Waals surface area contributed by atoms with Crippen LogP contribution < -0.4 is 0 Å². The lowest BCUT2D eigenvalue weighted by molar-refractivity contribution is -0.161. The molecule has 0 radical (unpaired) electrons. The lowest BCUT2D eigenvalue weighted by Crippen LogP contribution is -2.30. The first kappa shape index (κ1) is 85.5. The number of rotatable bonds is 65. The van der Waals surface area contributed by atoms with Crippen LogP contribution in [0.1, 0.15) is 318 Å². The van der Waals surface area contributed by atoms with Crippen LogP contribution >= 0.6 is 15.6 Å². The van der Waals surface area contributed by atoms with E-state index in [9.17, 15) is 43.2 Å². The Kier molecular flexibility index (Phi) is 57.9. The lowest BCUT2D eigenvalue weighted by Gasteiger charge is -2.21. The van der Waals surface area contributed by atoms with Crippen LogP contribution in [-0.2, 0) is 65.4 Å². The van der Waals surface area contributed by atoms with Crippen molar-refractivity contribution in [2.45, 2.75) is 336 Å². The number of hydrogen-bond acceptors (Lipinski definition) is 15. The number of phosphoric acid groups is 2. The van der Waals surface area contributed by atoms with E-state index in [-0.39, 0.29) is 25.7 Å². The maximum atomic E-state index is 13.0. The lowest BCUT2D eigenvalue weighted by atomic mass is 9.99. The van der Waals surface area contributed by atoms with E-state index < -0.39 is 97.5 Å². The summed E-state index contributed by atoms with van der Waals surface area (Å²) in [5.74, 6) is 0.0222. The third-order valence-electron chi connectivity index (χ3n) is 15.6. The topological polar surface area (TPSA) is 237 Å². The SMILES string of the molecule is CCCCCC/C=C\C=C/CCCCCCCC(=O)OC[C@H](COP(=O)(O)OCC(O)COP(=O)(O)OC[C@@H](COC(=O)CCCCCCCCCCC(C)C)OC(=O)CCCCCCCCCCC(C)CC)OC(=O)CCCCCCCCCC(C)C. The quantitative estimate of drug-likeness (QED) is 0.0169. The number of aliphatic hydroxyl groups excluding tert-OH is 1. The second kappa shape index (κ2) is 59.5. The van der Waals surface area contributed by atoms with Crippen LogP contribution in [0.25, 0.3) is 0 Å². The van der Waals surface area contributed by atoms with Gasteiger partial charge in [0, 0.05) is 25.7 Å². The molecule has 0 saturated heterocycles. The van der Waals surface area contributed by atoms with Crippen LogP contribution in [0.2, 0.25) is 0 Å². The van der Waals surface area contributed by atoms with Crippen molar-refractivity contribution in [2.24, 2.45) is 17.8 Å². The summed E-state index contributed by atoms with van der Waals surface area (Å²) in [7, 11) is -9.91. The van der Waals surface area contributed by atoms with Gasteiger partial charge in [-0.1, -0.05) is 265 Å². The summed E-state index contributed by atoms with van der Waals surface area (Å²) >= 11 is 0. The minimum atomic E-state index is -4.96. The van der Waals surface area contributed by atoms with Gasteiger partial charge in [-0.05, 0) is 69.1 Å². The van der Waals surface area contributed by atoms with E-state index in [2.05, 4.69) is 72.8 Å². The van der Waals surface area contributed by atoms with Crippen LogP contribution in [-0.4, -0.2) is 96.7 Å². The number of esters is 4. The zero-order valence-electron chi connectivity index (χ0n) is 56.7. The molecule has 0 spiro atoms. The van der Waals surface area contributed by atoms with E-state index in [0.29, 0.717) is 31.6 Å². The summed E-state index contributed by atoms with van der Waals surface area (Å²) in [6, 6.07) is 0. The molecular weight excluding hydrogens is 1160 g/mol. The molecule has 0 rings (SSSR count). The number of carbonyl (C=O) groups is 4. The zero-order valence-corrected chi connectivity index (χ0v) is 58.5. The van der Waals surface area contributed by atoms with Crippen molar-refractivity contribution in [1.82, 2.24) is 0 Å². The van der Waals surface area contributed by atoms with Crippen molar-refractivity contribution in [1.29, 1.82) is 0 Å². The number of allylic oxidation sites excluding steroid dienone is 4. The number of carbonyl (C=O) groups excluding carboxylic acids is 4. The fourth-order valence-electron chi connectivity index (χ4n) is 9.79. The second-order valence-corrected chi connectivity index (χ2v) is 28.3. The predicted molar refractivity (Wildman–Crippen MR) is 354 cm³/mol. The molecule has 88 heavy (non-hydrogen) atoms. The average Bonchev–Trinajstić information content (AvgIpc) is 3.36. The van der Waals surface area contributed by atoms with Gasteiger partial charge in [-0.3, -0.25) is 37.3 Å². The summed E-state index contributed by atoms with van der Waals surface area (Å²) in [6.45, 7) is 11.7. The number of hydrogen-bond donors (Lipinski definition) is 3. The molecule has 17 nitrogen and oxygen atoms in total. The first-order valence-corrected chi connectivity index (χ1v) is 38.2. The normalized spacial score (nSPS) is 14.7. The second-order valence-electron chi connectivity index (χ2n) is 25.4. The van der Waals surface area contributed by atoms with Gasteiger partial charge in [0.1, 0.15) is 19.3 Å². The Balaban J connectivity index is 5.28. The van der Waals surface area contributed by atoms with Gasteiger partial charge in [0.05, 0.1) is 26.4 Å². The maximum Gasteiger partial charge on any atom is 0.472 e. The Bertz CT molecular complexity index is 1830. The van der Waals surface area contributed by atoms with Gasteiger partial charge < -0.3 is 33.8 Å². The van der Waals surface area contributed by atoms with E-state index in [4.69, 9.17) is 37.0 Å². The number of aliphatic hydroxyl groups is 1. The molecule has 0 heterocycles. The predicted octanol–water partition coefficient (Wildman–Crippen LogP) is 19.0. The minimum Gasteiger partial charge on any atom is -0.462 e. The Morgan fingerprint density at radius 2 is 0.670 bits per heavy atom. The molecule has 3 N–H and O–H groups in total. The number of ether oxygens (including phenoxy) is 4. The number of phosphoric ester groups is 2. The average molecular weight is 1290 g/mol. The number of unbranched alkanes of at least 4 members (excludes halogenated alkanes) is 29. The van der Waals surface area contributed by atoms with Gasteiger partial charge in [0.15, 0.2) is 12.2 Å². The van der Waals surface area contributed by atoms with Gasteiger partial charge in [-0.25, -0.2) is 9.13 Å². The molecule has 0 fully saturated rings. The molecule has 0 aromatic carbocycles. The molecule has 0 aliphatic carbocycles. The Labute approximate surface area is 535 Å². The van der Waals surface area contributed by atoms with Crippen molar-refractivity contribution < 1.29 is 80.2 Å². The maximum absolute atomic E-state index is 13.0. The first-order valence-electron chi connectivity index (χ1n) is 35.2. The highest BCUT2D eigenvalue weighted by Gasteiger charge is 2.30. The van der Waals surface area contributed by atoms with Crippen molar-refractivity contribution in [3.8, 4) is 0 Å². The molecule has 518 valence electrons. The van der Waals surface area contributed by atoms with Gasteiger partial charge >= 0.3 is 39.5 Å². The fraction of sp³-hybridized carbons (Fsp3) is 0.884. The molecule has 0 aromatic heterocycles. The monoisotopic (exact) mass is 1290 g/mol. The highest BCUT2D eigenvalue weighted by Crippen LogP contribution is 2.45. The van der Waals surface area contributed by atoms with E-state index in [1.807, 2.05) is 0 Å². The standard InChI is InChI=1S/C69H130O17P2/c1-8-10-11-12-13-14-15-16-17-18-19-20-29-36-43-50-66(71)79-57-65(86-69(74)53-46-39-32-25-27-34-41-48-61(5)6)59-84-88(77,78)82-55-63(70)54-81-87(75,76)83-58-64(56-80-67(72)51-44-37-30-23-21-26-33-40-47-60(3)4)85-68(73)52-45-38-31-24-22-28-35-42-49-62(7)9-2/h14-17,60-65,70H,8-13,18-59H2,1-7H3,(H,75,76)(H,77,78)/b15-14-,17-16-/t62?,63?,64-,65-/m1/s1. The summed E-state index contributed by atoms with van der Waals surface area (Å²) < 4.78 is 68.1. The summed E-state index contributed by atoms with van der Waals surface area (Å²) in [5.41, 5.74) is 0. The fourth-order valence-corrected chi connectivity index (χ4v) is 11.4. The summed E-state index contributed by atoms with van der Waals surface area (Å²) in [6.07, 6.45) is 45.4. The van der Waals surface area contributed by atoms with Gasteiger partial charge in [0.25, 0.3) is 0 Å². The van der Waals surface area contributed by atoms with Crippen LogP contribution in [0, 0.1) is 17.8 Å². The van der Waals surface area contributed by atoms with E-state index in [1.54, 1.807) is 0 Å². The van der Waals surface area contributed by atoms with Crippen LogP contribution in [0.15, 0.2) is 24.3 Å². The smallest absolute Gasteiger partial charge is 0.462 e. The molecule has 0 aliphatic heterocycles. The van der Waals surface area contributed by atoms with Crippen LogP contribution in [0.3, 0.4) is 0 Å². The highest BCUT2D eigenvalue weighted by molar-refractivity contribution is 7.47. The largest absolute Gasteiger partial charge is 0.472 e. The Hall–Kier alpha value is -2.46. The van der Waals surface area contributed by atoms with Gasteiger partial charge in [-0.2, -0.15) is 0 Å². The molecule has 6 atom stereocenters. The minimum absolute atomic E-state index is 0.0961. The molecule has 0 saturated carbocycles. The first-order chi connectivity index (χ1) is 42.3. The van der Waals surface area contributed by atoms with Gasteiger partial charge in [-0.15, -0.1) is 0 Å². The summed E-state index contributed by atoms with van der Waals surface area (Å²) in [5, 5.41) is 10.6. The van der Waals surface area contributed by atoms with E-state index in [1.165, 1.54) is 109 Å². The van der Waals surface area contributed by atoms with Crippen LogP contribution in [0.4, 0.5) is 0 Å². The molecule has 19 heteroatoms. The Morgan fingerprint density at radius 1 is 0.375 bits per heavy atom. The molecule has 0 bridgehead atoms. The molecule has 0 aliphatic rings. The van der Waals surface area contributed by atoms with E-state index in [0.717, 1.165) is 121 Å². The third-order valence-corrected chi connectivity index (χ3v) is 17.5. The van der Waals surface area contributed by atoms with Crippen molar-refractivity contribution >= 4 is 39.5 Å². The van der Waals surface area contributed by atoms with Gasteiger partial charge in [0.2, 0.25) is 0 Å². The zero-order chi connectivity index (χ0) is 65.2. The Morgan fingerprint density at radius 3 is 1.01 bits per heavy atom. The molecule has 0 amide bonds. The van der Waals surface area contributed by atoms with Crippen molar-refractivity contribution in [3.63, 3.8) is 0 Å². The highest BCUT2D eigenvalue weighted by atomic mass is 31.2. The summed E-state index contributed by atoms with van der Waals surface area (Å²) in [4.78, 5) is 72.4. The van der Waals surface area contributed by atoms with Crippen LogP contribution in [0.5, 0.6) is 0 Å². The molecule has 0 aromatic rings. The molecule has 4 unspecified atom stereocenters. The van der Waals surface area contributed by atoms with E-state index >= 15 is 0 Å². The van der Waals surface area contributed by atoms with Crippen molar-refractivity contribution in [2.75, 3.05) is 39.6 Å². The van der Waals surface area contributed by atoms with Crippen molar-refractivity contribution in [3.05, 3.63) is 24.3 Å².